The Kier molecular flexibility index (Phi) is 7.09. The van der Waals surface area contributed by atoms with Gasteiger partial charge in [0.2, 0.25) is 0 Å². The summed E-state index contributed by atoms with van der Waals surface area (Å²) in [4.78, 5) is 0.553. The van der Waals surface area contributed by atoms with Gasteiger partial charge in [0.25, 0.3) is 0 Å². The molecule has 1 aromatic carbocycles. The summed E-state index contributed by atoms with van der Waals surface area (Å²) in [5.41, 5.74) is 2.41. The van der Waals surface area contributed by atoms with Crippen molar-refractivity contribution in [3.8, 4) is 15.5 Å². The second-order valence-corrected chi connectivity index (χ2v) is 7.37. The predicted molar refractivity (Wildman–Crippen MR) is 103 cm³/mol. The number of halogens is 3. The summed E-state index contributed by atoms with van der Waals surface area (Å²) in [6, 6.07) is 10.2. The number of hydrogen-bond acceptors (Lipinski definition) is 2. The number of allylic oxidation sites excluding steroid dienone is 3. The second kappa shape index (κ2) is 9.08. The first-order chi connectivity index (χ1) is 12.3. The third-order valence-electron chi connectivity index (χ3n) is 3.80. The number of hydrogen-bond donors (Lipinski definition) is 0. The summed E-state index contributed by atoms with van der Waals surface area (Å²) >= 11 is 1.03. The van der Waals surface area contributed by atoms with Gasteiger partial charge >= 0.3 is 6.18 Å². The molecule has 0 fully saturated rings. The Balaban J connectivity index is 2.10. The predicted octanol–water partition coefficient (Wildman–Crippen LogP) is 7.51. The van der Waals surface area contributed by atoms with Gasteiger partial charge in [-0.3, -0.25) is 0 Å². The Morgan fingerprint density at radius 1 is 1.08 bits per heavy atom. The minimum Gasteiger partial charge on any atom is -0.479 e. The standard InChI is InChI=1S/C21H23F3OS/c1-15(2)8-7-9-16(3)12-13-25-20-18(21(22,23)24)14-19(26-20)17-10-5-4-6-11-17/h4-6,8,10-12,14H,7,9,13H2,1-3H3. The van der Waals surface area contributed by atoms with Gasteiger partial charge in [-0.25, -0.2) is 0 Å². The highest BCUT2D eigenvalue weighted by molar-refractivity contribution is 7.17. The first kappa shape index (κ1) is 20.3. The van der Waals surface area contributed by atoms with Crippen LogP contribution < -0.4 is 4.74 Å². The second-order valence-electron chi connectivity index (χ2n) is 6.36. The lowest BCUT2D eigenvalue weighted by molar-refractivity contribution is -0.138. The zero-order valence-electron chi connectivity index (χ0n) is 15.2. The van der Waals surface area contributed by atoms with Gasteiger partial charge in [0.1, 0.15) is 12.2 Å². The molecule has 0 aliphatic heterocycles. The van der Waals surface area contributed by atoms with Crippen molar-refractivity contribution in [1.82, 2.24) is 0 Å². The summed E-state index contributed by atoms with van der Waals surface area (Å²) in [7, 11) is 0. The smallest absolute Gasteiger partial charge is 0.420 e. The highest BCUT2D eigenvalue weighted by Crippen LogP contribution is 2.45. The van der Waals surface area contributed by atoms with E-state index in [1.54, 1.807) is 24.3 Å². The van der Waals surface area contributed by atoms with E-state index >= 15 is 0 Å². The van der Waals surface area contributed by atoms with Crippen molar-refractivity contribution >= 4 is 11.3 Å². The molecule has 5 heteroatoms. The van der Waals surface area contributed by atoms with Crippen LogP contribution >= 0.6 is 11.3 Å². The largest absolute Gasteiger partial charge is 0.479 e. The average Bonchev–Trinajstić information content (AvgIpc) is 3.00. The maximum atomic E-state index is 13.3. The van der Waals surface area contributed by atoms with E-state index < -0.39 is 11.7 Å². The van der Waals surface area contributed by atoms with Crippen molar-refractivity contribution in [1.29, 1.82) is 0 Å². The molecule has 1 aromatic heterocycles. The Hall–Kier alpha value is -2.01. The maximum Gasteiger partial charge on any atom is 0.420 e. The molecule has 0 spiro atoms. The van der Waals surface area contributed by atoms with E-state index in [9.17, 15) is 13.2 Å². The molecular formula is C21H23F3OS. The zero-order valence-corrected chi connectivity index (χ0v) is 16.0. The molecule has 0 atom stereocenters. The summed E-state index contributed by atoms with van der Waals surface area (Å²) in [6.07, 6.45) is 1.36. The van der Waals surface area contributed by atoms with Crippen molar-refractivity contribution in [3.05, 3.63) is 65.3 Å². The van der Waals surface area contributed by atoms with Gasteiger partial charge in [-0.2, -0.15) is 13.2 Å². The number of alkyl halides is 3. The van der Waals surface area contributed by atoms with E-state index in [2.05, 4.69) is 6.08 Å². The molecule has 0 saturated heterocycles. The highest BCUT2D eigenvalue weighted by Gasteiger charge is 2.36. The molecule has 0 N–H and O–H groups in total. The average molecular weight is 380 g/mol. The number of benzene rings is 1. The van der Waals surface area contributed by atoms with Crippen LogP contribution in [0.1, 0.15) is 39.2 Å². The molecule has 2 aromatic rings. The van der Waals surface area contributed by atoms with E-state index in [1.807, 2.05) is 32.9 Å². The van der Waals surface area contributed by atoms with E-state index in [0.717, 1.165) is 35.3 Å². The molecule has 2 rings (SSSR count). The van der Waals surface area contributed by atoms with E-state index in [4.69, 9.17) is 4.74 Å². The van der Waals surface area contributed by atoms with Crippen LogP contribution in [0.2, 0.25) is 0 Å². The van der Waals surface area contributed by atoms with Gasteiger partial charge in [-0.05, 0) is 51.3 Å². The first-order valence-corrected chi connectivity index (χ1v) is 9.27. The highest BCUT2D eigenvalue weighted by atomic mass is 32.1. The van der Waals surface area contributed by atoms with Crippen molar-refractivity contribution in [3.63, 3.8) is 0 Å². The zero-order chi connectivity index (χ0) is 19.2. The topological polar surface area (TPSA) is 9.23 Å². The fourth-order valence-corrected chi connectivity index (χ4v) is 3.42. The molecule has 0 saturated carbocycles. The van der Waals surface area contributed by atoms with Crippen molar-refractivity contribution in [2.75, 3.05) is 6.61 Å². The number of ether oxygens (including phenoxy) is 1. The third-order valence-corrected chi connectivity index (χ3v) is 4.90. The van der Waals surface area contributed by atoms with Gasteiger partial charge in [-0.1, -0.05) is 58.9 Å². The van der Waals surface area contributed by atoms with Gasteiger partial charge in [0.15, 0.2) is 5.06 Å². The van der Waals surface area contributed by atoms with Crippen LogP contribution in [-0.4, -0.2) is 6.61 Å². The van der Waals surface area contributed by atoms with E-state index in [1.165, 1.54) is 11.6 Å². The van der Waals surface area contributed by atoms with Gasteiger partial charge in [0, 0.05) is 4.88 Å². The van der Waals surface area contributed by atoms with Crippen LogP contribution in [0.4, 0.5) is 13.2 Å². The molecule has 0 bridgehead atoms. The summed E-state index contributed by atoms with van der Waals surface area (Å²) in [5, 5.41) is -0.0790. The van der Waals surface area contributed by atoms with Crippen molar-refractivity contribution < 1.29 is 17.9 Å². The summed E-state index contributed by atoms with van der Waals surface area (Å²) in [6.45, 7) is 6.19. The quantitative estimate of drug-likeness (QED) is 0.452. The molecule has 26 heavy (non-hydrogen) atoms. The molecule has 0 unspecified atom stereocenters. The Labute approximate surface area is 156 Å². The summed E-state index contributed by atoms with van der Waals surface area (Å²) < 4.78 is 45.4. The Morgan fingerprint density at radius 3 is 2.38 bits per heavy atom. The van der Waals surface area contributed by atoms with E-state index in [0.29, 0.717) is 4.88 Å². The molecule has 0 aliphatic rings. The van der Waals surface area contributed by atoms with Crippen molar-refractivity contribution in [2.24, 2.45) is 0 Å². The lowest BCUT2D eigenvalue weighted by Crippen LogP contribution is -2.06. The number of rotatable bonds is 7. The Bertz CT molecular complexity index is 766. The van der Waals surface area contributed by atoms with Crippen LogP contribution in [0.5, 0.6) is 5.06 Å². The van der Waals surface area contributed by atoms with Crippen LogP contribution in [-0.2, 0) is 6.18 Å². The van der Waals surface area contributed by atoms with Gasteiger partial charge < -0.3 is 4.74 Å². The van der Waals surface area contributed by atoms with E-state index in [-0.39, 0.29) is 11.7 Å². The molecule has 1 heterocycles. The van der Waals surface area contributed by atoms with Gasteiger partial charge in [0.05, 0.1) is 0 Å². The van der Waals surface area contributed by atoms with Crippen molar-refractivity contribution in [2.45, 2.75) is 39.8 Å². The fourth-order valence-electron chi connectivity index (χ4n) is 2.37. The lowest BCUT2D eigenvalue weighted by Gasteiger charge is -2.08. The normalized spacial score (nSPS) is 12.2. The van der Waals surface area contributed by atoms with Crippen LogP contribution in [0.15, 0.2) is 59.7 Å². The van der Waals surface area contributed by atoms with Crippen LogP contribution in [0.25, 0.3) is 10.4 Å². The minimum atomic E-state index is -4.43. The Morgan fingerprint density at radius 2 is 1.77 bits per heavy atom. The first-order valence-electron chi connectivity index (χ1n) is 8.45. The molecule has 0 amide bonds. The SMILES string of the molecule is CC(C)=CCCC(C)=CCOc1sc(-c2ccccc2)cc1C(F)(F)F. The van der Waals surface area contributed by atoms with Gasteiger partial charge in [-0.15, -0.1) is 0 Å². The molecular weight excluding hydrogens is 357 g/mol. The number of thiophene rings is 1. The minimum absolute atomic E-state index is 0.0790. The molecule has 0 radical (unpaired) electrons. The van der Waals surface area contributed by atoms with Crippen LogP contribution in [0, 0.1) is 0 Å². The molecule has 0 aliphatic carbocycles. The maximum absolute atomic E-state index is 13.3. The summed E-state index contributed by atoms with van der Waals surface area (Å²) in [5.74, 6) is 0. The lowest BCUT2D eigenvalue weighted by atomic mass is 10.1. The molecule has 140 valence electrons. The van der Waals surface area contributed by atoms with Crippen LogP contribution in [0.3, 0.4) is 0 Å². The fraction of sp³-hybridized carbons (Fsp3) is 0.333. The monoisotopic (exact) mass is 380 g/mol. The molecule has 1 nitrogen and oxygen atoms in total. The third kappa shape index (κ3) is 6.06.